The molecule has 0 bridgehead atoms. The molecule has 8 nitrogen and oxygen atoms in total. The molecule has 1 aliphatic heterocycles. The molecule has 0 radical (unpaired) electrons. The van der Waals surface area contributed by atoms with Crippen LogP contribution in [-0.2, 0) is 4.79 Å². The normalized spacial score (nSPS) is 15.0. The first kappa shape index (κ1) is 22.7. The summed E-state index contributed by atoms with van der Waals surface area (Å²) in [7, 11) is 3.20. The van der Waals surface area contributed by atoms with Crippen molar-refractivity contribution >= 4 is 29.3 Å². The minimum absolute atomic E-state index is 0.249. The van der Waals surface area contributed by atoms with E-state index in [1.54, 1.807) is 30.7 Å². The van der Waals surface area contributed by atoms with Gasteiger partial charge in [0.25, 0.3) is 5.91 Å². The van der Waals surface area contributed by atoms with Crippen molar-refractivity contribution < 1.29 is 14.3 Å². The van der Waals surface area contributed by atoms with Crippen LogP contribution in [0.4, 0.5) is 11.6 Å². The summed E-state index contributed by atoms with van der Waals surface area (Å²) in [5.41, 5.74) is 2.72. The van der Waals surface area contributed by atoms with E-state index in [1.165, 1.54) is 0 Å². The van der Waals surface area contributed by atoms with Crippen molar-refractivity contribution in [2.45, 2.75) is 31.5 Å². The Bertz CT molecular complexity index is 1190. The van der Waals surface area contributed by atoms with E-state index >= 15 is 0 Å². The minimum Gasteiger partial charge on any atom is -0.497 e. The Morgan fingerprint density at radius 2 is 2.00 bits per heavy atom. The van der Waals surface area contributed by atoms with Crippen molar-refractivity contribution in [2.75, 3.05) is 30.6 Å². The van der Waals surface area contributed by atoms with Crippen molar-refractivity contribution in [3.8, 4) is 11.5 Å². The molecule has 1 amide bonds. The van der Waals surface area contributed by atoms with Gasteiger partial charge in [-0.2, -0.15) is 4.98 Å². The highest BCUT2D eigenvalue weighted by Crippen LogP contribution is 2.38. The molecule has 33 heavy (non-hydrogen) atoms. The Kier molecular flexibility index (Phi) is 6.88. The van der Waals surface area contributed by atoms with Gasteiger partial charge in [0, 0.05) is 11.4 Å². The van der Waals surface area contributed by atoms with Crippen LogP contribution in [-0.4, -0.2) is 40.6 Å². The van der Waals surface area contributed by atoms with Crippen LogP contribution < -0.4 is 20.1 Å². The van der Waals surface area contributed by atoms with Gasteiger partial charge in [0.05, 0.1) is 25.5 Å². The van der Waals surface area contributed by atoms with Crippen LogP contribution >= 0.6 is 11.8 Å². The number of carbonyl (C=O) groups is 1. The quantitative estimate of drug-likeness (QED) is 0.465. The average molecular weight is 466 g/mol. The summed E-state index contributed by atoms with van der Waals surface area (Å²) < 4.78 is 12.6. The number of amides is 1. The van der Waals surface area contributed by atoms with Crippen LogP contribution in [0.2, 0.25) is 0 Å². The van der Waals surface area contributed by atoms with E-state index in [1.807, 2.05) is 55.5 Å². The lowest BCUT2D eigenvalue weighted by atomic mass is 9.95. The Hall–Kier alpha value is -3.46. The summed E-state index contributed by atoms with van der Waals surface area (Å²) in [6, 6.07) is 14.5. The van der Waals surface area contributed by atoms with Crippen LogP contribution in [0, 0.1) is 0 Å². The van der Waals surface area contributed by atoms with E-state index in [4.69, 9.17) is 14.6 Å². The van der Waals surface area contributed by atoms with E-state index in [-0.39, 0.29) is 5.91 Å². The van der Waals surface area contributed by atoms with Crippen molar-refractivity contribution in [3.05, 3.63) is 65.4 Å². The van der Waals surface area contributed by atoms with Gasteiger partial charge in [-0.1, -0.05) is 43.0 Å². The molecule has 3 aromatic rings. The van der Waals surface area contributed by atoms with Gasteiger partial charge in [0.2, 0.25) is 11.1 Å². The molecule has 1 aromatic heterocycles. The smallest absolute Gasteiger partial charge is 0.255 e. The van der Waals surface area contributed by atoms with E-state index in [0.29, 0.717) is 39.6 Å². The van der Waals surface area contributed by atoms with Crippen molar-refractivity contribution in [2.24, 2.45) is 0 Å². The van der Waals surface area contributed by atoms with Gasteiger partial charge in [-0.25, -0.2) is 4.68 Å². The summed E-state index contributed by atoms with van der Waals surface area (Å²) in [5.74, 6) is 2.57. The lowest BCUT2D eigenvalue weighted by molar-refractivity contribution is -0.113. The molecule has 2 heterocycles. The number of fused-ring (bicyclic) bond motifs is 1. The standard InChI is InChI=1S/C24H27N5O3S/c1-5-13-33-24-27-23-25-15(2)20(22(30)26-18-11-6-7-12-19(18)32-4)21(29(23)28-24)16-9-8-10-17(14-16)31-3/h6-12,14,21H,5,13H2,1-4H3,(H,26,30)(H,25,27,28). The van der Waals surface area contributed by atoms with Gasteiger partial charge < -0.3 is 20.1 Å². The van der Waals surface area contributed by atoms with Gasteiger partial charge in [-0.3, -0.25) is 4.79 Å². The zero-order valence-corrected chi connectivity index (χ0v) is 19.9. The first-order valence-corrected chi connectivity index (χ1v) is 11.7. The number of thioether (sulfide) groups is 1. The molecule has 1 unspecified atom stereocenters. The Morgan fingerprint density at radius 1 is 1.18 bits per heavy atom. The highest BCUT2D eigenvalue weighted by atomic mass is 32.2. The van der Waals surface area contributed by atoms with Crippen LogP contribution in [0.3, 0.4) is 0 Å². The number of carbonyl (C=O) groups excluding carboxylic acids is 1. The molecular formula is C24H27N5O3S. The monoisotopic (exact) mass is 465 g/mol. The molecule has 4 rings (SSSR count). The minimum atomic E-state index is -0.477. The molecule has 1 atom stereocenters. The summed E-state index contributed by atoms with van der Waals surface area (Å²) in [5, 5.41) is 11.7. The van der Waals surface area contributed by atoms with Crippen molar-refractivity contribution in [3.63, 3.8) is 0 Å². The predicted molar refractivity (Wildman–Crippen MR) is 130 cm³/mol. The molecule has 9 heteroatoms. The second kappa shape index (κ2) is 9.99. The number of rotatable bonds is 8. The maximum absolute atomic E-state index is 13.6. The maximum atomic E-state index is 13.6. The number of allylic oxidation sites excluding steroid dienone is 1. The molecule has 2 aromatic carbocycles. The number of para-hydroxylation sites is 2. The molecule has 2 N–H and O–H groups in total. The topological polar surface area (TPSA) is 90.3 Å². The van der Waals surface area contributed by atoms with Crippen molar-refractivity contribution in [1.29, 1.82) is 0 Å². The van der Waals surface area contributed by atoms with Crippen LogP contribution in [0.5, 0.6) is 11.5 Å². The van der Waals surface area contributed by atoms with E-state index in [9.17, 15) is 4.79 Å². The van der Waals surface area contributed by atoms with Gasteiger partial charge in [-0.05, 0) is 43.2 Å². The summed E-state index contributed by atoms with van der Waals surface area (Å²) in [4.78, 5) is 18.3. The van der Waals surface area contributed by atoms with Gasteiger partial charge >= 0.3 is 0 Å². The van der Waals surface area contributed by atoms with E-state index in [2.05, 4.69) is 22.5 Å². The third kappa shape index (κ3) is 4.68. The number of nitrogens with zero attached hydrogens (tertiary/aromatic N) is 3. The number of hydrogen-bond acceptors (Lipinski definition) is 7. The van der Waals surface area contributed by atoms with Crippen molar-refractivity contribution in [1.82, 2.24) is 14.8 Å². The number of hydrogen-bond donors (Lipinski definition) is 2. The molecule has 0 saturated heterocycles. The molecule has 1 aliphatic rings. The number of benzene rings is 2. The molecule has 172 valence electrons. The number of ether oxygens (including phenoxy) is 2. The largest absolute Gasteiger partial charge is 0.497 e. The first-order valence-electron chi connectivity index (χ1n) is 10.7. The lowest BCUT2D eigenvalue weighted by Gasteiger charge is -2.29. The third-order valence-corrected chi connectivity index (χ3v) is 6.32. The highest BCUT2D eigenvalue weighted by molar-refractivity contribution is 7.99. The Morgan fingerprint density at radius 3 is 2.76 bits per heavy atom. The van der Waals surface area contributed by atoms with Gasteiger partial charge in [-0.15, -0.1) is 5.10 Å². The number of methoxy groups -OCH3 is 2. The van der Waals surface area contributed by atoms with Crippen LogP contribution in [0.25, 0.3) is 0 Å². The Balaban J connectivity index is 1.78. The predicted octanol–water partition coefficient (Wildman–Crippen LogP) is 4.73. The maximum Gasteiger partial charge on any atom is 0.255 e. The summed E-state index contributed by atoms with van der Waals surface area (Å²) in [6.07, 6.45) is 1.02. The van der Waals surface area contributed by atoms with Gasteiger partial charge in [0.1, 0.15) is 17.5 Å². The molecule has 0 saturated carbocycles. The van der Waals surface area contributed by atoms with Crippen LogP contribution in [0.1, 0.15) is 31.9 Å². The second-order valence-corrected chi connectivity index (χ2v) is 8.57. The molecule has 0 fully saturated rings. The fourth-order valence-electron chi connectivity index (χ4n) is 3.74. The fraction of sp³-hybridized carbons (Fsp3) is 0.292. The molecule has 0 spiro atoms. The zero-order chi connectivity index (χ0) is 23.4. The SMILES string of the molecule is CCCSc1nc2n(n1)C(c1cccc(OC)c1)C(C(=O)Nc1ccccc1OC)=C(C)N2. The van der Waals surface area contributed by atoms with E-state index in [0.717, 1.165) is 17.7 Å². The van der Waals surface area contributed by atoms with E-state index < -0.39 is 6.04 Å². The molecular weight excluding hydrogens is 438 g/mol. The lowest BCUT2D eigenvalue weighted by Crippen LogP contribution is -2.31. The highest BCUT2D eigenvalue weighted by Gasteiger charge is 2.34. The number of nitrogens with one attached hydrogen (secondary N) is 2. The number of aromatic nitrogens is 3. The summed E-state index contributed by atoms with van der Waals surface area (Å²) >= 11 is 1.59. The fourth-order valence-corrected chi connectivity index (χ4v) is 4.42. The average Bonchev–Trinajstić information content (AvgIpc) is 3.24. The zero-order valence-electron chi connectivity index (χ0n) is 19.1. The summed E-state index contributed by atoms with van der Waals surface area (Å²) in [6.45, 7) is 3.99. The van der Waals surface area contributed by atoms with Gasteiger partial charge in [0.15, 0.2) is 0 Å². The third-order valence-electron chi connectivity index (χ3n) is 5.28. The van der Waals surface area contributed by atoms with Crippen LogP contribution in [0.15, 0.2) is 65.0 Å². The Labute approximate surface area is 197 Å². The molecule has 0 aliphatic carbocycles. The number of anilines is 2. The second-order valence-electron chi connectivity index (χ2n) is 7.51. The first-order chi connectivity index (χ1) is 16.0.